The Morgan fingerprint density at radius 1 is 1.58 bits per heavy atom. The highest BCUT2D eigenvalue weighted by molar-refractivity contribution is 4.87. The molecule has 0 amide bonds. The van der Waals surface area contributed by atoms with Crippen LogP contribution in [0.15, 0.2) is 0 Å². The summed E-state index contributed by atoms with van der Waals surface area (Å²) in [6.07, 6.45) is 3.97. The van der Waals surface area contributed by atoms with Gasteiger partial charge in [-0.2, -0.15) is 0 Å². The van der Waals surface area contributed by atoms with Crippen molar-refractivity contribution in [3.8, 4) is 0 Å². The van der Waals surface area contributed by atoms with Gasteiger partial charge in [-0.15, -0.1) is 0 Å². The zero-order valence-corrected chi connectivity index (χ0v) is 8.56. The Morgan fingerprint density at radius 2 is 2.25 bits per heavy atom. The van der Waals surface area contributed by atoms with E-state index in [4.69, 9.17) is 5.73 Å². The van der Waals surface area contributed by atoms with E-state index in [2.05, 4.69) is 26.1 Å². The minimum absolute atomic E-state index is 0.476. The highest BCUT2D eigenvalue weighted by Gasteiger charge is 2.30. The lowest BCUT2D eigenvalue weighted by atomic mass is 9.92. The summed E-state index contributed by atoms with van der Waals surface area (Å²) < 4.78 is 0. The van der Waals surface area contributed by atoms with Crippen molar-refractivity contribution in [1.82, 2.24) is 5.32 Å². The Hall–Kier alpha value is -0.0800. The molecule has 2 heteroatoms. The molecule has 0 radical (unpaired) electrons. The summed E-state index contributed by atoms with van der Waals surface area (Å²) in [4.78, 5) is 0. The summed E-state index contributed by atoms with van der Waals surface area (Å²) >= 11 is 0. The topological polar surface area (TPSA) is 38.0 Å². The molecular weight excluding hydrogens is 148 g/mol. The molecule has 1 fully saturated rings. The van der Waals surface area contributed by atoms with Gasteiger partial charge in [0.05, 0.1) is 0 Å². The lowest BCUT2D eigenvalue weighted by Gasteiger charge is -2.20. The van der Waals surface area contributed by atoms with E-state index in [9.17, 15) is 0 Å². The lowest BCUT2D eigenvalue weighted by molar-refractivity contribution is 0.356. The molecule has 0 aliphatic heterocycles. The quantitative estimate of drug-likeness (QED) is 0.673. The van der Waals surface area contributed by atoms with Gasteiger partial charge in [-0.05, 0) is 31.6 Å². The monoisotopic (exact) mass is 170 g/mol. The van der Waals surface area contributed by atoms with Crippen LogP contribution >= 0.6 is 0 Å². The van der Waals surface area contributed by atoms with Crippen LogP contribution < -0.4 is 11.1 Å². The van der Waals surface area contributed by atoms with Gasteiger partial charge in [0.1, 0.15) is 0 Å². The maximum absolute atomic E-state index is 5.56. The fourth-order valence-electron chi connectivity index (χ4n) is 2.05. The molecule has 2 atom stereocenters. The molecule has 2 nitrogen and oxygen atoms in total. The van der Waals surface area contributed by atoms with Crippen LogP contribution in [0.4, 0.5) is 0 Å². The summed E-state index contributed by atoms with van der Waals surface area (Å²) in [6, 6.07) is 1.18. The normalized spacial score (nSPS) is 30.5. The number of hydrogen-bond donors (Lipinski definition) is 2. The minimum Gasteiger partial charge on any atom is -0.329 e. The van der Waals surface area contributed by atoms with Crippen LogP contribution in [0.3, 0.4) is 0 Å². The Kier molecular flexibility index (Phi) is 3.13. The van der Waals surface area contributed by atoms with E-state index in [1.807, 2.05) is 0 Å². The van der Waals surface area contributed by atoms with Gasteiger partial charge in [-0.25, -0.2) is 0 Å². The molecule has 1 rings (SSSR count). The maximum atomic E-state index is 5.56. The van der Waals surface area contributed by atoms with Crippen LogP contribution in [0, 0.1) is 5.41 Å². The van der Waals surface area contributed by atoms with Crippen molar-refractivity contribution in [2.45, 2.75) is 52.1 Å². The van der Waals surface area contributed by atoms with Crippen molar-refractivity contribution in [2.24, 2.45) is 11.1 Å². The molecule has 3 N–H and O–H groups in total. The second kappa shape index (κ2) is 3.75. The Morgan fingerprint density at radius 3 is 2.67 bits per heavy atom. The predicted octanol–water partition coefficient (Wildman–Crippen LogP) is 1.50. The van der Waals surface area contributed by atoms with E-state index in [0.29, 0.717) is 17.5 Å². The fourth-order valence-corrected chi connectivity index (χ4v) is 2.05. The smallest absolute Gasteiger partial charge is 0.0164 e. The SMILES string of the molecule is CC(CN)NC1CCC(C)(C)C1. The van der Waals surface area contributed by atoms with E-state index < -0.39 is 0 Å². The molecule has 12 heavy (non-hydrogen) atoms. The highest BCUT2D eigenvalue weighted by Crippen LogP contribution is 2.36. The third-order valence-corrected chi connectivity index (χ3v) is 2.84. The molecule has 0 aromatic heterocycles. The highest BCUT2D eigenvalue weighted by atomic mass is 15.0. The number of rotatable bonds is 3. The van der Waals surface area contributed by atoms with E-state index in [-0.39, 0.29) is 0 Å². The Bertz CT molecular complexity index is 143. The summed E-state index contributed by atoms with van der Waals surface area (Å²) in [5.41, 5.74) is 6.10. The van der Waals surface area contributed by atoms with Gasteiger partial charge in [0.2, 0.25) is 0 Å². The molecule has 1 aliphatic rings. The Labute approximate surface area is 75.9 Å². The van der Waals surface area contributed by atoms with Gasteiger partial charge >= 0.3 is 0 Å². The molecule has 1 aliphatic carbocycles. The number of hydrogen-bond acceptors (Lipinski definition) is 2. The number of nitrogens with two attached hydrogens (primary N) is 1. The van der Waals surface area contributed by atoms with Crippen molar-refractivity contribution in [2.75, 3.05) is 6.54 Å². The first-order chi connectivity index (χ1) is 5.53. The molecule has 1 saturated carbocycles. The third-order valence-electron chi connectivity index (χ3n) is 2.84. The molecule has 0 aromatic carbocycles. The van der Waals surface area contributed by atoms with Gasteiger partial charge in [-0.1, -0.05) is 13.8 Å². The maximum Gasteiger partial charge on any atom is 0.0164 e. The zero-order valence-electron chi connectivity index (χ0n) is 8.56. The van der Waals surface area contributed by atoms with Gasteiger partial charge in [0, 0.05) is 18.6 Å². The molecule has 0 heterocycles. The van der Waals surface area contributed by atoms with Crippen LogP contribution in [-0.4, -0.2) is 18.6 Å². The van der Waals surface area contributed by atoms with Gasteiger partial charge in [0.25, 0.3) is 0 Å². The summed E-state index contributed by atoms with van der Waals surface area (Å²) in [5, 5.41) is 3.56. The molecule has 0 saturated heterocycles. The van der Waals surface area contributed by atoms with E-state index in [0.717, 1.165) is 6.54 Å². The summed E-state index contributed by atoms with van der Waals surface area (Å²) in [6.45, 7) is 7.60. The third kappa shape index (κ3) is 2.76. The first-order valence-electron chi connectivity index (χ1n) is 4.99. The van der Waals surface area contributed by atoms with Crippen LogP contribution in [0.25, 0.3) is 0 Å². The summed E-state index contributed by atoms with van der Waals surface area (Å²) in [5.74, 6) is 0. The van der Waals surface area contributed by atoms with Crippen molar-refractivity contribution in [1.29, 1.82) is 0 Å². The Balaban J connectivity index is 2.28. The van der Waals surface area contributed by atoms with Gasteiger partial charge < -0.3 is 11.1 Å². The van der Waals surface area contributed by atoms with E-state index in [1.54, 1.807) is 0 Å². The van der Waals surface area contributed by atoms with Crippen molar-refractivity contribution in [3.05, 3.63) is 0 Å². The van der Waals surface area contributed by atoms with E-state index >= 15 is 0 Å². The van der Waals surface area contributed by atoms with Crippen LogP contribution in [-0.2, 0) is 0 Å². The van der Waals surface area contributed by atoms with Gasteiger partial charge in [-0.3, -0.25) is 0 Å². The van der Waals surface area contributed by atoms with Crippen molar-refractivity contribution in [3.63, 3.8) is 0 Å². The van der Waals surface area contributed by atoms with Crippen LogP contribution in [0.5, 0.6) is 0 Å². The largest absolute Gasteiger partial charge is 0.329 e. The molecule has 72 valence electrons. The first-order valence-corrected chi connectivity index (χ1v) is 4.99. The standard InChI is InChI=1S/C10H22N2/c1-8(7-11)12-9-4-5-10(2,3)6-9/h8-9,12H,4-7,11H2,1-3H3. The summed E-state index contributed by atoms with van der Waals surface area (Å²) in [7, 11) is 0. The molecule has 0 aromatic rings. The number of nitrogens with one attached hydrogen (secondary N) is 1. The molecule has 2 unspecified atom stereocenters. The minimum atomic E-state index is 0.476. The predicted molar refractivity (Wildman–Crippen MR) is 53.1 cm³/mol. The zero-order chi connectivity index (χ0) is 9.19. The molecular formula is C10H22N2. The average Bonchev–Trinajstić information content (AvgIpc) is 2.30. The first kappa shape index (κ1) is 10.0. The molecule has 0 bridgehead atoms. The average molecular weight is 170 g/mol. The molecule has 0 spiro atoms. The van der Waals surface area contributed by atoms with Crippen molar-refractivity contribution >= 4 is 0 Å². The van der Waals surface area contributed by atoms with Crippen LogP contribution in [0.1, 0.15) is 40.0 Å². The lowest BCUT2D eigenvalue weighted by Crippen LogP contribution is -2.39. The van der Waals surface area contributed by atoms with Gasteiger partial charge in [0.15, 0.2) is 0 Å². The fraction of sp³-hybridized carbons (Fsp3) is 1.00. The van der Waals surface area contributed by atoms with Crippen LogP contribution in [0.2, 0.25) is 0 Å². The van der Waals surface area contributed by atoms with E-state index in [1.165, 1.54) is 19.3 Å². The second-order valence-electron chi connectivity index (χ2n) is 4.91. The van der Waals surface area contributed by atoms with Crippen molar-refractivity contribution < 1.29 is 0 Å². The second-order valence-corrected chi connectivity index (χ2v) is 4.91.